The highest BCUT2D eigenvalue weighted by Gasteiger charge is 2.10. The van der Waals surface area contributed by atoms with Crippen LogP contribution in [0.1, 0.15) is 34.2 Å². The molecule has 0 atom stereocenters. The van der Waals surface area contributed by atoms with E-state index in [-0.39, 0.29) is 0 Å². The van der Waals surface area contributed by atoms with E-state index in [4.69, 9.17) is 0 Å². The van der Waals surface area contributed by atoms with Crippen molar-refractivity contribution < 1.29 is 0 Å². The largest absolute Gasteiger partial charge is 0.381 e. The van der Waals surface area contributed by atoms with E-state index in [1.807, 2.05) is 0 Å². The van der Waals surface area contributed by atoms with Crippen molar-refractivity contribution in [3.05, 3.63) is 64.2 Å². The van der Waals surface area contributed by atoms with Crippen LogP contribution in [0.25, 0.3) is 0 Å². The van der Waals surface area contributed by atoms with Gasteiger partial charge in [-0.05, 0) is 67.5 Å². The monoisotopic (exact) mass is 251 g/mol. The van der Waals surface area contributed by atoms with Crippen molar-refractivity contribution in [2.75, 3.05) is 5.32 Å². The highest BCUT2D eigenvalue weighted by molar-refractivity contribution is 5.50. The van der Waals surface area contributed by atoms with Crippen LogP contribution in [0.4, 0.5) is 5.69 Å². The first-order valence-electron chi connectivity index (χ1n) is 7.14. The van der Waals surface area contributed by atoms with Crippen molar-refractivity contribution in [2.24, 2.45) is 0 Å². The Morgan fingerprint density at radius 2 is 1.79 bits per heavy atom. The van der Waals surface area contributed by atoms with Crippen molar-refractivity contribution in [1.82, 2.24) is 0 Å². The Kier molecular flexibility index (Phi) is 3.29. The molecule has 0 heterocycles. The van der Waals surface area contributed by atoms with Gasteiger partial charge in [-0.15, -0.1) is 0 Å². The molecule has 3 rings (SSSR count). The van der Waals surface area contributed by atoms with Crippen LogP contribution < -0.4 is 5.32 Å². The summed E-state index contributed by atoms with van der Waals surface area (Å²) >= 11 is 0. The molecule has 2 aromatic rings. The van der Waals surface area contributed by atoms with Crippen molar-refractivity contribution in [2.45, 2.75) is 39.7 Å². The summed E-state index contributed by atoms with van der Waals surface area (Å²) in [5.41, 5.74) is 8.40. The van der Waals surface area contributed by atoms with Crippen LogP contribution in [-0.2, 0) is 19.4 Å². The van der Waals surface area contributed by atoms with Crippen molar-refractivity contribution in [1.29, 1.82) is 0 Å². The van der Waals surface area contributed by atoms with Gasteiger partial charge in [0.25, 0.3) is 0 Å². The smallest absolute Gasteiger partial charge is 0.0403 e. The lowest BCUT2D eigenvalue weighted by molar-refractivity contribution is 0.912. The van der Waals surface area contributed by atoms with Gasteiger partial charge in [0.05, 0.1) is 0 Å². The zero-order chi connectivity index (χ0) is 13.2. The van der Waals surface area contributed by atoms with Gasteiger partial charge in [0.2, 0.25) is 0 Å². The minimum Gasteiger partial charge on any atom is -0.381 e. The Morgan fingerprint density at radius 1 is 0.947 bits per heavy atom. The molecule has 19 heavy (non-hydrogen) atoms. The normalized spacial score (nSPS) is 13.4. The number of rotatable bonds is 3. The number of anilines is 1. The second-order valence-corrected chi connectivity index (χ2v) is 5.62. The fourth-order valence-electron chi connectivity index (χ4n) is 2.92. The summed E-state index contributed by atoms with van der Waals surface area (Å²) in [5.74, 6) is 0. The highest BCUT2D eigenvalue weighted by Crippen LogP contribution is 2.25. The molecule has 0 aliphatic heterocycles. The summed E-state index contributed by atoms with van der Waals surface area (Å²) in [6, 6.07) is 13.5. The zero-order valence-electron chi connectivity index (χ0n) is 11.8. The lowest BCUT2D eigenvalue weighted by Gasteiger charge is -2.11. The average molecular weight is 251 g/mol. The minimum atomic E-state index is 0.908. The SMILES string of the molecule is Cc1ccc(CNc2ccc3c(c2)CCC3)c(C)c1. The molecule has 2 aromatic carbocycles. The summed E-state index contributed by atoms with van der Waals surface area (Å²) in [6.07, 6.45) is 3.82. The third-order valence-electron chi connectivity index (χ3n) is 4.08. The molecule has 0 amide bonds. The van der Waals surface area contributed by atoms with Crippen molar-refractivity contribution in [3.63, 3.8) is 0 Å². The molecule has 1 aliphatic carbocycles. The lowest BCUT2D eigenvalue weighted by Crippen LogP contribution is -2.02. The molecule has 1 aliphatic rings. The Hall–Kier alpha value is -1.76. The van der Waals surface area contributed by atoms with Crippen LogP contribution in [0.3, 0.4) is 0 Å². The van der Waals surface area contributed by atoms with Crippen LogP contribution in [-0.4, -0.2) is 0 Å². The predicted octanol–water partition coefficient (Wildman–Crippen LogP) is 4.40. The van der Waals surface area contributed by atoms with Crippen LogP contribution >= 0.6 is 0 Å². The van der Waals surface area contributed by atoms with E-state index in [0.717, 1.165) is 6.54 Å². The first kappa shape index (κ1) is 12.3. The van der Waals surface area contributed by atoms with E-state index in [9.17, 15) is 0 Å². The predicted molar refractivity (Wildman–Crippen MR) is 81.7 cm³/mol. The van der Waals surface area contributed by atoms with Crippen LogP contribution in [0.15, 0.2) is 36.4 Å². The number of hydrogen-bond acceptors (Lipinski definition) is 1. The number of aryl methyl sites for hydroxylation is 4. The van der Waals surface area contributed by atoms with Gasteiger partial charge in [-0.25, -0.2) is 0 Å². The fourth-order valence-corrected chi connectivity index (χ4v) is 2.92. The Labute approximate surface area is 115 Å². The maximum Gasteiger partial charge on any atom is 0.0403 e. The van der Waals surface area contributed by atoms with E-state index >= 15 is 0 Å². The summed E-state index contributed by atoms with van der Waals surface area (Å²) in [7, 11) is 0. The van der Waals surface area contributed by atoms with Gasteiger partial charge < -0.3 is 5.32 Å². The molecule has 0 radical (unpaired) electrons. The highest BCUT2D eigenvalue weighted by atomic mass is 14.9. The Bertz CT molecular complexity index is 599. The number of hydrogen-bond donors (Lipinski definition) is 1. The van der Waals surface area contributed by atoms with E-state index in [2.05, 4.69) is 55.6 Å². The van der Waals surface area contributed by atoms with E-state index in [1.165, 1.54) is 52.8 Å². The molecule has 0 saturated heterocycles. The van der Waals surface area contributed by atoms with Gasteiger partial charge >= 0.3 is 0 Å². The van der Waals surface area contributed by atoms with Crippen LogP contribution in [0, 0.1) is 13.8 Å². The molecule has 0 bridgehead atoms. The molecular weight excluding hydrogens is 230 g/mol. The molecule has 0 spiro atoms. The maximum atomic E-state index is 3.55. The van der Waals surface area contributed by atoms with Crippen LogP contribution in [0.5, 0.6) is 0 Å². The summed E-state index contributed by atoms with van der Waals surface area (Å²) in [6.45, 7) is 5.24. The zero-order valence-corrected chi connectivity index (χ0v) is 11.8. The van der Waals surface area contributed by atoms with E-state index in [1.54, 1.807) is 0 Å². The van der Waals surface area contributed by atoms with Crippen LogP contribution in [0.2, 0.25) is 0 Å². The standard InChI is InChI=1S/C18H21N/c1-13-6-7-17(14(2)10-13)12-19-18-9-8-15-4-3-5-16(15)11-18/h6-11,19H,3-5,12H2,1-2H3. The van der Waals surface area contributed by atoms with Gasteiger partial charge in [-0.3, -0.25) is 0 Å². The lowest BCUT2D eigenvalue weighted by atomic mass is 10.1. The molecule has 1 N–H and O–H groups in total. The fraction of sp³-hybridized carbons (Fsp3) is 0.333. The summed E-state index contributed by atoms with van der Waals surface area (Å²) in [4.78, 5) is 0. The van der Waals surface area contributed by atoms with E-state index in [0.29, 0.717) is 0 Å². The molecule has 0 aromatic heterocycles. The topological polar surface area (TPSA) is 12.0 Å². The second-order valence-electron chi connectivity index (χ2n) is 5.62. The van der Waals surface area contributed by atoms with Gasteiger partial charge in [0, 0.05) is 12.2 Å². The van der Waals surface area contributed by atoms with Gasteiger partial charge in [-0.2, -0.15) is 0 Å². The molecule has 0 fully saturated rings. The van der Waals surface area contributed by atoms with Crippen molar-refractivity contribution >= 4 is 5.69 Å². The molecule has 0 unspecified atom stereocenters. The third-order valence-corrected chi connectivity index (χ3v) is 4.08. The molecular formula is C18H21N. The maximum absolute atomic E-state index is 3.55. The Balaban J connectivity index is 1.72. The van der Waals surface area contributed by atoms with Gasteiger partial charge in [-0.1, -0.05) is 29.8 Å². The molecule has 0 saturated carbocycles. The summed E-state index contributed by atoms with van der Waals surface area (Å²) < 4.78 is 0. The number of fused-ring (bicyclic) bond motifs is 1. The number of benzene rings is 2. The minimum absolute atomic E-state index is 0.908. The summed E-state index contributed by atoms with van der Waals surface area (Å²) in [5, 5.41) is 3.55. The molecule has 1 nitrogen and oxygen atoms in total. The average Bonchev–Trinajstić information content (AvgIpc) is 2.85. The first-order valence-corrected chi connectivity index (χ1v) is 7.14. The third kappa shape index (κ3) is 2.65. The Morgan fingerprint density at radius 3 is 2.63 bits per heavy atom. The molecule has 98 valence electrons. The van der Waals surface area contributed by atoms with E-state index < -0.39 is 0 Å². The van der Waals surface area contributed by atoms with Gasteiger partial charge in [0.15, 0.2) is 0 Å². The second kappa shape index (κ2) is 5.08. The van der Waals surface area contributed by atoms with Crippen molar-refractivity contribution in [3.8, 4) is 0 Å². The number of nitrogens with one attached hydrogen (secondary N) is 1. The first-order chi connectivity index (χ1) is 9.22. The molecule has 1 heteroatoms. The van der Waals surface area contributed by atoms with Gasteiger partial charge in [0.1, 0.15) is 0 Å². The quantitative estimate of drug-likeness (QED) is 0.852.